The SMILES string of the molecule is CC(C)(C)N1CCN(CCC(N)c2cccc(Cl)c2)CC1. The molecular formula is C17H28ClN3. The van der Waals surface area contributed by atoms with E-state index in [-0.39, 0.29) is 11.6 Å². The molecule has 1 aromatic rings. The van der Waals surface area contributed by atoms with Crippen molar-refractivity contribution in [3.8, 4) is 0 Å². The van der Waals surface area contributed by atoms with Crippen LogP contribution in [-0.4, -0.2) is 48.1 Å². The van der Waals surface area contributed by atoms with E-state index in [1.54, 1.807) is 0 Å². The maximum absolute atomic E-state index is 6.28. The first-order chi connectivity index (χ1) is 9.86. The van der Waals surface area contributed by atoms with Crippen molar-refractivity contribution in [2.45, 2.75) is 38.8 Å². The van der Waals surface area contributed by atoms with E-state index in [4.69, 9.17) is 17.3 Å². The Kier molecular flexibility index (Phi) is 5.67. The van der Waals surface area contributed by atoms with E-state index in [9.17, 15) is 0 Å². The number of nitrogens with zero attached hydrogens (tertiary/aromatic N) is 2. The molecule has 1 heterocycles. The van der Waals surface area contributed by atoms with Crippen LogP contribution in [0.3, 0.4) is 0 Å². The lowest BCUT2D eigenvalue weighted by atomic mass is 10.0. The van der Waals surface area contributed by atoms with Gasteiger partial charge in [-0.15, -0.1) is 0 Å². The molecule has 0 bridgehead atoms. The molecule has 1 atom stereocenters. The van der Waals surface area contributed by atoms with Gasteiger partial charge in [0.1, 0.15) is 0 Å². The highest BCUT2D eigenvalue weighted by Crippen LogP contribution is 2.20. The number of nitrogens with two attached hydrogens (primary N) is 1. The average Bonchev–Trinajstić information content (AvgIpc) is 2.44. The second-order valence-corrected chi connectivity index (χ2v) is 7.39. The van der Waals surface area contributed by atoms with Gasteiger partial charge in [-0.1, -0.05) is 23.7 Å². The van der Waals surface area contributed by atoms with Gasteiger partial charge in [0.2, 0.25) is 0 Å². The Balaban J connectivity index is 1.77. The Morgan fingerprint density at radius 3 is 2.43 bits per heavy atom. The fourth-order valence-corrected chi connectivity index (χ4v) is 3.07. The van der Waals surface area contributed by atoms with Crippen LogP contribution in [0.15, 0.2) is 24.3 Å². The first-order valence-corrected chi connectivity index (χ1v) is 8.22. The van der Waals surface area contributed by atoms with Gasteiger partial charge in [-0.2, -0.15) is 0 Å². The molecule has 1 unspecified atom stereocenters. The molecule has 4 heteroatoms. The van der Waals surface area contributed by atoms with Gasteiger partial charge >= 0.3 is 0 Å². The Labute approximate surface area is 134 Å². The predicted octanol–water partition coefficient (Wildman–Crippen LogP) is 3.15. The molecule has 21 heavy (non-hydrogen) atoms. The molecule has 1 aromatic carbocycles. The second kappa shape index (κ2) is 7.10. The van der Waals surface area contributed by atoms with Crippen molar-refractivity contribution in [3.05, 3.63) is 34.9 Å². The predicted molar refractivity (Wildman–Crippen MR) is 90.8 cm³/mol. The maximum atomic E-state index is 6.28. The third-order valence-corrected chi connectivity index (χ3v) is 4.59. The van der Waals surface area contributed by atoms with Crippen LogP contribution < -0.4 is 5.73 Å². The van der Waals surface area contributed by atoms with Crippen molar-refractivity contribution in [2.24, 2.45) is 5.73 Å². The molecule has 0 radical (unpaired) electrons. The van der Waals surface area contributed by atoms with Crippen LogP contribution in [0.5, 0.6) is 0 Å². The van der Waals surface area contributed by atoms with E-state index < -0.39 is 0 Å². The third kappa shape index (κ3) is 4.96. The Morgan fingerprint density at radius 2 is 1.86 bits per heavy atom. The molecule has 0 amide bonds. The summed E-state index contributed by atoms with van der Waals surface area (Å²) < 4.78 is 0. The van der Waals surface area contributed by atoms with Crippen molar-refractivity contribution >= 4 is 11.6 Å². The number of rotatable bonds is 4. The Morgan fingerprint density at radius 1 is 1.19 bits per heavy atom. The average molecular weight is 310 g/mol. The quantitative estimate of drug-likeness (QED) is 0.927. The normalized spacial score (nSPS) is 19.7. The summed E-state index contributed by atoms with van der Waals surface area (Å²) in [7, 11) is 0. The van der Waals surface area contributed by atoms with E-state index in [0.717, 1.165) is 49.7 Å². The zero-order valence-electron chi connectivity index (χ0n) is 13.5. The fourth-order valence-electron chi connectivity index (χ4n) is 2.87. The largest absolute Gasteiger partial charge is 0.324 e. The molecule has 2 rings (SSSR count). The molecule has 1 fully saturated rings. The van der Waals surface area contributed by atoms with E-state index in [1.807, 2.05) is 18.2 Å². The Bertz CT molecular complexity index is 448. The van der Waals surface area contributed by atoms with Crippen molar-refractivity contribution in [1.29, 1.82) is 0 Å². The molecule has 3 nitrogen and oxygen atoms in total. The highest BCUT2D eigenvalue weighted by atomic mass is 35.5. The maximum Gasteiger partial charge on any atom is 0.0409 e. The van der Waals surface area contributed by atoms with Gasteiger partial charge in [-0.3, -0.25) is 4.90 Å². The summed E-state index contributed by atoms with van der Waals surface area (Å²) in [5.41, 5.74) is 7.70. The zero-order chi connectivity index (χ0) is 15.5. The van der Waals surface area contributed by atoms with Gasteiger partial charge in [0, 0.05) is 49.3 Å². The van der Waals surface area contributed by atoms with E-state index in [1.165, 1.54) is 0 Å². The molecule has 118 valence electrons. The van der Waals surface area contributed by atoms with Crippen LogP contribution in [0.2, 0.25) is 5.02 Å². The number of benzene rings is 1. The summed E-state index contributed by atoms with van der Waals surface area (Å²) in [5.74, 6) is 0. The van der Waals surface area contributed by atoms with Crippen molar-refractivity contribution in [1.82, 2.24) is 9.80 Å². The molecule has 1 saturated heterocycles. The van der Waals surface area contributed by atoms with Crippen LogP contribution in [0.1, 0.15) is 38.8 Å². The summed E-state index contributed by atoms with van der Waals surface area (Å²) >= 11 is 6.03. The van der Waals surface area contributed by atoms with Crippen LogP contribution in [0.25, 0.3) is 0 Å². The highest BCUT2D eigenvalue weighted by molar-refractivity contribution is 6.30. The monoisotopic (exact) mass is 309 g/mol. The highest BCUT2D eigenvalue weighted by Gasteiger charge is 2.25. The molecule has 0 saturated carbocycles. The van der Waals surface area contributed by atoms with Crippen LogP contribution in [0, 0.1) is 0 Å². The fraction of sp³-hybridized carbons (Fsp3) is 0.647. The van der Waals surface area contributed by atoms with Gasteiger partial charge < -0.3 is 10.6 Å². The third-order valence-electron chi connectivity index (χ3n) is 4.35. The topological polar surface area (TPSA) is 32.5 Å². The van der Waals surface area contributed by atoms with Crippen LogP contribution in [-0.2, 0) is 0 Å². The van der Waals surface area contributed by atoms with E-state index >= 15 is 0 Å². The minimum Gasteiger partial charge on any atom is -0.324 e. The zero-order valence-corrected chi connectivity index (χ0v) is 14.2. The molecule has 0 spiro atoms. The first-order valence-electron chi connectivity index (χ1n) is 7.85. The number of hydrogen-bond acceptors (Lipinski definition) is 3. The molecule has 1 aliphatic heterocycles. The standard InChI is InChI=1S/C17H28ClN3/c1-17(2,3)21-11-9-20(10-12-21)8-7-16(19)14-5-4-6-15(18)13-14/h4-6,13,16H,7-12,19H2,1-3H3. The Hall–Kier alpha value is -0.610. The molecule has 0 aliphatic carbocycles. The smallest absolute Gasteiger partial charge is 0.0409 e. The molecule has 2 N–H and O–H groups in total. The lowest BCUT2D eigenvalue weighted by molar-refractivity contribution is 0.0611. The number of piperazine rings is 1. The van der Waals surface area contributed by atoms with Crippen molar-refractivity contribution in [2.75, 3.05) is 32.7 Å². The summed E-state index contributed by atoms with van der Waals surface area (Å²) in [5, 5.41) is 0.766. The van der Waals surface area contributed by atoms with Gasteiger partial charge in [0.25, 0.3) is 0 Å². The lowest BCUT2D eigenvalue weighted by Crippen LogP contribution is -2.53. The van der Waals surface area contributed by atoms with E-state index in [2.05, 4.69) is 36.6 Å². The first kappa shape index (κ1) is 16.8. The summed E-state index contributed by atoms with van der Waals surface area (Å²) in [6, 6.07) is 7.98. The van der Waals surface area contributed by atoms with Gasteiger partial charge in [-0.05, 0) is 44.9 Å². The summed E-state index contributed by atoms with van der Waals surface area (Å²) in [6.07, 6.45) is 0.982. The summed E-state index contributed by atoms with van der Waals surface area (Å²) in [6.45, 7) is 12.5. The van der Waals surface area contributed by atoms with Gasteiger partial charge in [0.05, 0.1) is 0 Å². The van der Waals surface area contributed by atoms with E-state index in [0.29, 0.717) is 0 Å². The summed E-state index contributed by atoms with van der Waals surface area (Å²) in [4.78, 5) is 5.08. The van der Waals surface area contributed by atoms with Crippen molar-refractivity contribution < 1.29 is 0 Å². The van der Waals surface area contributed by atoms with Crippen LogP contribution in [0.4, 0.5) is 0 Å². The number of hydrogen-bond donors (Lipinski definition) is 1. The molecular weight excluding hydrogens is 282 g/mol. The number of halogens is 1. The minimum absolute atomic E-state index is 0.0735. The van der Waals surface area contributed by atoms with Crippen LogP contribution >= 0.6 is 11.6 Å². The minimum atomic E-state index is 0.0735. The van der Waals surface area contributed by atoms with Crippen molar-refractivity contribution in [3.63, 3.8) is 0 Å². The lowest BCUT2D eigenvalue weighted by Gasteiger charge is -2.42. The second-order valence-electron chi connectivity index (χ2n) is 6.95. The van der Waals surface area contributed by atoms with Gasteiger partial charge in [-0.25, -0.2) is 0 Å². The molecule has 0 aromatic heterocycles. The molecule has 1 aliphatic rings. The van der Waals surface area contributed by atoms with Gasteiger partial charge in [0.15, 0.2) is 0 Å².